The van der Waals surface area contributed by atoms with Crippen LogP contribution >= 0.6 is 0 Å². The van der Waals surface area contributed by atoms with Crippen LogP contribution in [0, 0.1) is 29.1 Å². The Balaban J connectivity index is 2.05. The standard InChI is InChI=1S/C17H30O4/c1-10-5-7-14-12(3)15(18)21-16-17(14,9-19-4)13(10)8-6-11(2)20-16/h10-16,18H,5-9H2,1-4H3/t10-,11+,12-,13?,14?,15?,16?,17+/m1/s1. The lowest BCUT2D eigenvalue weighted by molar-refractivity contribution is -0.363. The summed E-state index contributed by atoms with van der Waals surface area (Å²) >= 11 is 0. The molecule has 0 aromatic heterocycles. The Hall–Kier alpha value is -0.160. The number of hydrogen-bond donors (Lipinski definition) is 1. The molecule has 3 rings (SSSR count). The third-order valence-corrected chi connectivity index (χ3v) is 6.42. The van der Waals surface area contributed by atoms with E-state index in [-0.39, 0.29) is 23.7 Å². The van der Waals surface area contributed by atoms with Gasteiger partial charge in [-0.25, -0.2) is 0 Å². The van der Waals surface area contributed by atoms with E-state index in [1.54, 1.807) is 7.11 Å². The smallest absolute Gasteiger partial charge is 0.169 e. The number of ether oxygens (including phenoxy) is 3. The first-order chi connectivity index (χ1) is 10.0. The van der Waals surface area contributed by atoms with E-state index in [1.807, 2.05) is 0 Å². The summed E-state index contributed by atoms with van der Waals surface area (Å²) in [5, 5.41) is 10.3. The quantitative estimate of drug-likeness (QED) is 0.851. The summed E-state index contributed by atoms with van der Waals surface area (Å²) in [6, 6.07) is 0. The molecule has 2 heterocycles. The van der Waals surface area contributed by atoms with Crippen LogP contribution in [0.4, 0.5) is 0 Å². The average Bonchev–Trinajstić information content (AvgIpc) is 2.57. The summed E-state index contributed by atoms with van der Waals surface area (Å²) in [6.45, 7) is 7.26. The van der Waals surface area contributed by atoms with Gasteiger partial charge in [-0.1, -0.05) is 20.3 Å². The van der Waals surface area contributed by atoms with Crippen LogP contribution in [0.1, 0.15) is 46.5 Å². The van der Waals surface area contributed by atoms with Crippen molar-refractivity contribution in [2.24, 2.45) is 29.1 Å². The first-order valence-corrected chi connectivity index (χ1v) is 8.48. The molecule has 4 heteroatoms. The number of rotatable bonds is 2. The van der Waals surface area contributed by atoms with E-state index in [0.29, 0.717) is 24.4 Å². The molecule has 1 N–H and O–H groups in total. The van der Waals surface area contributed by atoms with Crippen LogP contribution in [0.15, 0.2) is 0 Å². The molecule has 1 saturated carbocycles. The van der Waals surface area contributed by atoms with Crippen LogP contribution < -0.4 is 0 Å². The van der Waals surface area contributed by atoms with Gasteiger partial charge < -0.3 is 19.3 Å². The van der Waals surface area contributed by atoms with Crippen LogP contribution in [0.5, 0.6) is 0 Å². The molecule has 122 valence electrons. The Labute approximate surface area is 128 Å². The molecule has 1 aliphatic carbocycles. The minimum atomic E-state index is -0.718. The van der Waals surface area contributed by atoms with Crippen LogP contribution in [0.3, 0.4) is 0 Å². The van der Waals surface area contributed by atoms with Crippen molar-refractivity contribution in [3.63, 3.8) is 0 Å². The van der Waals surface area contributed by atoms with Gasteiger partial charge in [0.1, 0.15) is 0 Å². The van der Waals surface area contributed by atoms with E-state index in [0.717, 1.165) is 12.8 Å². The van der Waals surface area contributed by atoms with Crippen LogP contribution in [0.2, 0.25) is 0 Å². The zero-order valence-electron chi connectivity index (χ0n) is 13.7. The summed E-state index contributed by atoms with van der Waals surface area (Å²) in [6.07, 6.45) is 3.74. The van der Waals surface area contributed by atoms with Gasteiger partial charge in [0.25, 0.3) is 0 Å². The highest BCUT2D eigenvalue weighted by Crippen LogP contribution is 2.60. The Morgan fingerprint density at radius 3 is 2.48 bits per heavy atom. The van der Waals surface area contributed by atoms with Crippen molar-refractivity contribution in [2.45, 2.75) is 65.1 Å². The third kappa shape index (κ3) is 2.35. The highest BCUT2D eigenvalue weighted by molar-refractivity contribution is 5.05. The molecule has 0 spiro atoms. The summed E-state index contributed by atoms with van der Waals surface area (Å²) in [4.78, 5) is 0. The second kappa shape index (κ2) is 5.80. The van der Waals surface area contributed by atoms with Crippen molar-refractivity contribution >= 4 is 0 Å². The maximum absolute atomic E-state index is 10.3. The zero-order chi connectivity index (χ0) is 15.2. The molecule has 3 aliphatic rings. The lowest BCUT2D eigenvalue weighted by Gasteiger charge is -2.59. The van der Waals surface area contributed by atoms with Gasteiger partial charge in [-0.05, 0) is 43.9 Å². The van der Waals surface area contributed by atoms with Gasteiger partial charge in [0, 0.05) is 13.0 Å². The van der Waals surface area contributed by atoms with E-state index >= 15 is 0 Å². The molecule has 0 radical (unpaired) electrons. The van der Waals surface area contributed by atoms with Gasteiger partial charge in [-0.15, -0.1) is 0 Å². The van der Waals surface area contributed by atoms with Crippen molar-refractivity contribution in [1.29, 1.82) is 0 Å². The summed E-state index contributed by atoms with van der Waals surface area (Å²) < 4.78 is 17.8. The molecular formula is C17H30O4. The van der Waals surface area contributed by atoms with Crippen LogP contribution in [-0.4, -0.2) is 37.5 Å². The van der Waals surface area contributed by atoms with Gasteiger partial charge >= 0.3 is 0 Å². The predicted octanol–water partition coefficient (Wildman–Crippen LogP) is 2.79. The average molecular weight is 298 g/mol. The second-order valence-corrected chi connectivity index (χ2v) is 7.55. The molecule has 0 aromatic carbocycles. The third-order valence-electron chi connectivity index (χ3n) is 6.42. The van der Waals surface area contributed by atoms with E-state index in [2.05, 4.69) is 20.8 Å². The Kier molecular flexibility index (Phi) is 4.34. The molecule has 21 heavy (non-hydrogen) atoms. The fourth-order valence-corrected chi connectivity index (χ4v) is 5.33. The summed E-state index contributed by atoms with van der Waals surface area (Å²) in [5.74, 6) is 1.78. The first kappa shape index (κ1) is 15.7. The van der Waals surface area contributed by atoms with Crippen molar-refractivity contribution in [2.75, 3.05) is 13.7 Å². The molecule has 4 nitrogen and oxygen atoms in total. The molecule has 2 aliphatic heterocycles. The Bertz CT molecular complexity index is 370. The largest absolute Gasteiger partial charge is 0.384 e. The minimum absolute atomic E-state index is 0.101. The van der Waals surface area contributed by atoms with Gasteiger partial charge in [-0.3, -0.25) is 0 Å². The normalized spacial score (nSPS) is 53.9. The predicted molar refractivity (Wildman–Crippen MR) is 79.5 cm³/mol. The molecule has 8 atom stereocenters. The highest BCUT2D eigenvalue weighted by Gasteiger charge is 2.62. The Morgan fingerprint density at radius 2 is 1.76 bits per heavy atom. The molecule has 4 unspecified atom stereocenters. The SMILES string of the molecule is COC[C@@]12C3OC(O)[C@H](C)C1CC[C@@H](C)C2CC[C@H](C)O3. The molecule has 2 saturated heterocycles. The number of aliphatic hydroxyl groups is 1. The highest BCUT2D eigenvalue weighted by atomic mass is 16.7. The molecule has 0 bridgehead atoms. The second-order valence-electron chi connectivity index (χ2n) is 7.55. The number of hydrogen-bond acceptors (Lipinski definition) is 4. The topological polar surface area (TPSA) is 47.9 Å². The monoisotopic (exact) mass is 298 g/mol. The molecule has 3 fully saturated rings. The van der Waals surface area contributed by atoms with Gasteiger partial charge in [0.15, 0.2) is 12.6 Å². The van der Waals surface area contributed by atoms with Crippen molar-refractivity contribution in [1.82, 2.24) is 0 Å². The van der Waals surface area contributed by atoms with E-state index < -0.39 is 6.29 Å². The van der Waals surface area contributed by atoms with Crippen LogP contribution in [-0.2, 0) is 14.2 Å². The summed E-state index contributed by atoms with van der Waals surface area (Å²) in [7, 11) is 1.77. The zero-order valence-corrected chi connectivity index (χ0v) is 13.7. The van der Waals surface area contributed by atoms with Gasteiger partial charge in [0.2, 0.25) is 0 Å². The van der Waals surface area contributed by atoms with Crippen molar-refractivity contribution in [3.8, 4) is 0 Å². The van der Waals surface area contributed by atoms with E-state index in [9.17, 15) is 5.11 Å². The van der Waals surface area contributed by atoms with Crippen molar-refractivity contribution in [3.05, 3.63) is 0 Å². The fourth-order valence-electron chi connectivity index (χ4n) is 5.33. The Morgan fingerprint density at radius 1 is 1.05 bits per heavy atom. The lowest BCUT2D eigenvalue weighted by Crippen LogP contribution is -2.63. The maximum atomic E-state index is 10.3. The molecule has 0 amide bonds. The maximum Gasteiger partial charge on any atom is 0.169 e. The molecule has 0 aromatic rings. The lowest BCUT2D eigenvalue weighted by atomic mass is 9.52. The van der Waals surface area contributed by atoms with Crippen LogP contribution in [0.25, 0.3) is 0 Å². The van der Waals surface area contributed by atoms with E-state index in [1.165, 1.54) is 12.8 Å². The van der Waals surface area contributed by atoms with Crippen molar-refractivity contribution < 1.29 is 19.3 Å². The number of methoxy groups -OCH3 is 1. The number of aliphatic hydroxyl groups excluding tert-OH is 1. The molecular weight excluding hydrogens is 268 g/mol. The van der Waals surface area contributed by atoms with Gasteiger partial charge in [-0.2, -0.15) is 0 Å². The van der Waals surface area contributed by atoms with E-state index in [4.69, 9.17) is 14.2 Å². The summed E-state index contributed by atoms with van der Waals surface area (Å²) in [5.41, 5.74) is -0.101. The van der Waals surface area contributed by atoms with Gasteiger partial charge in [0.05, 0.1) is 18.1 Å². The first-order valence-electron chi connectivity index (χ1n) is 8.48. The fraction of sp³-hybridized carbons (Fsp3) is 1.00. The minimum Gasteiger partial charge on any atom is -0.384 e.